The summed E-state index contributed by atoms with van der Waals surface area (Å²) in [6.07, 6.45) is 11.1. The summed E-state index contributed by atoms with van der Waals surface area (Å²) in [5.41, 5.74) is 18.9. The van der Waals surface area contributed by atoms with Gasteiger partial charge in [0.25, 0.3) is 0 Å². The lowest BCUT2D eigenvalue weighted by molar-refractivity contribution is 1.18. The first-order chi connectivity index (χ1) is 43.5. The first-order valence-corrected chi connectivity index (χ1v) is 29.8. The van der Waals surface area contributed by atoms with Crippen LogP contribution in [0.5, 0.6) is 0 Å². The van der Waals surface area contributed by atoms with E-state index in [1.807, 2.05) is 148 Å². The number of aromatic nitrogens is 8. The number of para-hydroxylation sites is 6. The molecule has 0 aliphatic heterocycles. The van der Waals surface area contributed by atoms with E-state index in [4.69, 9.17) is 0 Å². The summed E-state index contributed by atoms with van der Waals surface area (Å²) in [6.45, 7) is 14.4. The monoisotopic (exact) mass is 1150 g/mol. The molecule has 0 saturated carbocycles. The van der Waals surface area contributed by atoms with Crippen LogP contribution in [0.4, 0.5) is 0 Å². The standard InChI is InChI=1S/2C16H13N.4C10H9N.C9H8N2/c2*1-12-6-8-14(9-7-12)16-11-10-13-4-2-3-5-15(13)17-16;1-8-4-2-5-9-6-3-7-11-10(8)9;1-8-3-2-4-9-5-6-11-7-10(8)9;1-8-6-9-4-2-3-5-10(9)7-11-8;1-8-6-9-4-2-3-5-10(9)11-7-8;1-7-6-10-8-4-2-3-5-9(8)11-7/h2*2-11H,1H3;4*2-7H,1H3;2-6H,1H3. The second-order valence-electron chi connectivity index (χ2n) is 21.7. The SMILES string of the molecule is Cc1cc2ccccc2cn1.Cc1ccc(-c2ccc3ccccc3n2)cc1.Cc1ccc(-c2ccc3ccccc3n2)cc1.Cc1cccc2cccnc12.Cc1cccc2ccncc12.Cc1cnc2ccccc2c1.Cc1cnc2ccccc2n1. The lowest BCUT2D eigenvalue weighted by Gasteiger charge is -2.03. The van der Waals surface area contributed by atoms with Crippen LogP contribution in [0.25, 0.3) is 98.7 Å². The third-order valence-electron chi connectivity index (χ3n) is 14.7. The molecule has 16 aromatic rings. The summed E-state index contributed by atoms with van der Waals surface area (Å²) in [7, 11) is 0. The zero-order valence-electron chi connectivity index (χ0n) is 51.4. The van der Waals surface area contributed by atoms with Crippen LogP contribution in [0.3, 0.4) is 0 Å². The van der Waals surface area contributed by atoms with E-state index in [0.29, 0.717) is 0 Å². The van der Waals surface area contributed by atoms with E-state index in [9.17, 15) is 0 Å². The number of benzene rings is 9. The summed E-state index contributed by atoms with van der Waals surface area (Å²) >= 11 is 0. The largest absolute Gasteiger partial charge is 0.264 e. The van der Waals surface area contributed by atoms with Crippen LogP contribution in [-0.2, 0) is 0 Å². The Labute approximate surface area is 521 Å². The molecule has 7 heterocycles. The number of pyridine rings is 6. The maximum Gasteiger partial charge on any atom is 0.0889 e. The molecule has 0 spiro atoms. The fraction of sp³-hybridized carbons (Fsp3) is 0.0864. The molecule has 0 radical (unpaired) electrons. The van der Waals surface area contributed by atoms with Crippen molar-refractivity contribution in [2.24, 2.45) is 0 Å². The fourth-order valence-electron chi connectivity index (χ4n) is 9.85. The highest BCUT2D eigenvalue weighted by atomic mass is 14.8. The summed E-state index contributed by atoms with van der Waals surface area (Å²) in [5, 5.41) is 9.78. The van der Waals surface area contributed by atoms with E-state index in [0.717, 1.165) is 55.9 Å². The van der Waals surface area contributed by atoms with E-state index in [1.54, 1.807) is 6.20 Å². The molecule has 0 aliphatic rings. The van der Waals surface area contributed by atoms with Gasteiger partial charge < -0.3 is 0 Å². The Hall–Kier alpha value is -11.2. The molecule has 0 unspecified atom stereocenters. The molecule has 0 bridgehead atoms. The number of nitrogens with zero attached hydrogens (tertiary/aromatic N) is 8. The van der Waals surface area contributed by atoms with Crippen molar-refractivity contribution in [2.45, 2.75) is 48.5 Å². The minimum absolute atomic E-state index is 0.957. The van der Waals surface area contributed by atoms with Gasteiger partial charge in [-0.25, -0.2) is 15.0 Å². The average molecular weight is 1160 g/mol. The molecular weight excluding hydrogens is 1080 g/mol. The van der Waals surface area contributed by atoms with Crippen LogP contribution in [0, 0.1) is 48.5 Å². The van der Waals surface area contributed by atoms with Gasteiger partial charge in [-0.05, 0) is 143 Å². The Morgan fingerprint density at radius 1 is 0.247 bits per heavy atom. The van der Waals surface area contributed by atoms with Crippen molar-refractivity contribution in [2.75, 3.05) is 0 Å². The maximum atomic E-state index is 4.68. The molecule has 0 N–H and O–H groups in total. The van der Waals surface area contributed by atoms with E-state index in [1.165, 1.54) is 82.0 Å². The number of hydrogen-bond acceptors (Lipinski definition) is 8. The highest BCUT2D eigenvalue weighted by Gasteiger charge is 2.03. The highest BCUT2D eigenvalue weighted by molar-refractivity contribution is 5.86. The third-order valence-corrected chi connectivity index (χ3v) is 14.7. The van der Waals surface area contributed by atoms with Crippen LogP contribution in [0.2, 0.25) is 0 Å². The van der Waals surface area contributed by atoms with E-state index < -0.39 is 0 Å². The van der Waals surface area contributed by atoms with Crippen molar-refractivity contribution in [1.29, 1.82) is 0 Å². The number of aryl methyl sites for hydroxylation is 7. The lowest BCUT2D eigenvalue weighted by atomic mass is 10.1. The molecule has 434 valence electrons. The highest BCUT2D eigenvalue weighted by Crippen LogP contribution is 2.24. The van der Waals surface area contributed by atoms with Gasteiger partial charge in [0, 0.05) is 86.3 Å². The number of fused-ring (bicyclic) bond motifs is 7. The van der Waals surface area contributed by atoms with Gasteiger partial charge in [0.15, 0.2) is 0 Å². The van der Waals surface area contributed by atoms with E-state index in [-0.39, 0.29) is 0 Å². The van der Waals surface area contributed by atoms with Crippen LogP contribution in [0.15, 0.2) is 298 Å². The van der Waals surface area contributed by atoms with Crippen molar-refractivity contribution in [1.82, 2.24) is 39.9 Å². The predicted octanol–water partition coefficient (Wildman–Crippen LogP) is 20.5. The molecule has 89 heavy (non-hydrogen) atoms. The van der Waals surface area contributed by atoms with Crippen LogP contribution < -0.4 is 0 Å². The smallest absolute Gasteiger partial charge is 0.0889 e. The molecule has 8 heteroatoms. The number of rotatable bonds is 2. The average Bonchev–Trinajstić information content (AvgIpc) is 3.57. The first kappa shape index (κ1) is 60.9. The van der Waals surface area contributed by atoms with Crippen LogP contribution in [-0.4, -0.2) is 39.9 Å². The molecule has 0 amide bonds. The second-order valence-corrected chi connectivity index (χ2v) is 21.7. The van der Waals surface area contributed by atoms with Gasteiger partial charge in [0.1, 0.15) is 0 Å². The van der Waals surface area contributed by atoms with Gasteiger partial charge in [-0.1, -0.05) is 205 Å². The Morgan fingerprint density at radius 2 is 0.753 bits per heavy atom. The molecule has 0 aliphatic carbocycles. The van der Waals surface area contributed by atoms with Crippen molar-refractivity contribution >= 4 is 76.2 Å². The maximum absolute atomic E-state index is 4.68. The minimum atomic E-state index is 0.957. The molecule has 9 aromatic carbocycles. The van der Waals surface area contributed by atoms with Crippen molar-refractivity contribution in [3.05, 3.63) is 337 Å². The zero-order valence-corrected chi connectivity index (χ0v) is 51.4. The minimum Gasteiger partial charge on any atom is -0.264 e. The van der Waals surface area contributed by atoms with Crippen molar-refractivity contribution < 1.29 is 0 Å². The van der Waals surface area contributed by atoms with E-state index in [2.05, 4.69) is 232 Å². The summed E-state index contributed by atoms with van der Waals surface area (Å²) in [4.78, 5) is 34.7. The van der Waals surface area contributed by atoms with Gasteiger partial charge in [0.05, 0.1) is 50.2 Å². The van der Waals surface area contributed by atoms with Crippen LogP contribution >= 0.6 is 0 Å². The Kier molecular flexibility index (Phi) is 20.7. The summed E-state index contributed by atoms with van der Waals surface area (Å²) in [5.74, 6) is 0. The molecular formula is C81H70N8. The molecule has 0 fully saturated rings. The Morgan fingerprint density at radius 3 is 1.37 bits per heavy atom. The normalized spacial score (nSPS) is 10.4. The predicted molar refractivity (Wildman–Crippen MR) is 374 cm³/mol. The zero-order chi connectivity index (χ0) is 61.7. The van der Waals surface area contributed by atoms with Gasteiger partial charge in [-0.3, -0.25) is 24.9 Å². The Bertz CT molecular complexity index is 4540. The lowest BCUT2D eigenvalue weighted by Crippen LogP contribution is -1.85. The molecule has 0 saturated heterocycles. The number of hydrogen-bond donors (Lipinski definition) is 0. The van der Waals surface area contributed by atoms with Gasteiger partial charge >= 0.3 is 0 Å². The molecule has 7 aromatic heterocycles. The third kappa shape index (κ3) is 17.0. The first-order valence-electron chi connectivity index (χ1n) is 29.8. The van der Waals surface area contributed by atoms with Crippen LogP contribution in [0.1, 0.15) is 39.2 Å². The van der Waals surface area contributed by atoms with Gasteiger partial charge in [-0.15, -0.1) is 0 Å². The fourth-order valence-corrected chi connectivity index (χ4v) is 9.85. The summed E-state index contributed by atoms with van der Waals surface area (Å²) in [6, 6.07) is 88.7. The molecule has 8 nitrogen and oxygen atoms in total. The Balaban J connectivity index is 0.000000116. The van der Waals surface area contributed by atoms with Crippen molar-refractivity contribution in [3.63, 3.8) is 0 Å². The topological polar surface area (TPSA) is 103 Å². The van der Waals surface area contributed by atoms with Crippen molar-refractivity contribution in [3.8, 4) is 22.5 Å². The van der Waals surface area contributed by atoms with Gasteiger partial charge in [-0.2, -0.15) is 0 Å². The van der Waals surface area contributed by atoms with Gasteiger partial charge in [0.2, 0.25) is 0 Å². The quantitative estimate of drug-likeness (QED) is 0.169. The second kappa shape index (κ2) is 30.2. The molecule has 16 rings (SSSR count). The van der Waals surface area contributed by atoms with E-state index >= 15 is 0 Å². The molecule has 0 atom stereocenters. The summed E-state index contributed by atoms with van der Waals surface area (Å²) < 4.78 is 0.